The number of pyridine rings is 1. The van der Waals surface area contributed by atoms with Crippen LogP contribution >= 0.6 is 0 Å². The molecule has 0 bridgehead atoms. The lowest BCUT2D eigenvalue weighted by Crippen LogP contribution is -2.16. The van der Waals surface area contributed by atoms with Gasteiger partial charge in [-0.2, -0.15) is 0 Å². The molecule has 124 valence electrons. The number of H-pyrrole nitrogens is 1. The first-order valence-corrected chi connectivity index (χ1v) is 7.30. The number of hydrogen-bond acceptors (Lipinski definition) is 3. The van der Waals surface area contributed by atoms with E-state index in [-0.39, 0.29) is 5.69 Å². The van der Waals surface area contributed by atoms with Crippen molar-refractivity contribution in [1.82, 2.24) is 15.0 Å². The number of hydrogen-bond donors (Lipinski definition) is 2. The van der Waals surface area contributed by atoms with Crippen LogP contribution in [-0.4, -0.2) is 15.0 Å². The topological polar surface area (TPSA) is 53.6 Å². The second kappa shape index (κ2) is 6.35. The fourth-order valence-corrected chi connectivity index (χ4v) is 2.35. The van der Waals surface area contributed by atoms with Crippen molar-refractivity contribution in [3.63, 3.8) is 0 Å². The van der Waals surface area contributed by atoms with Gasteiger partial charge < -0.3 is 10.3 Å². The van der Waals surface area contributed by atoms with Crippen molar-refractivity contribution in [1.29, 1.82) is 0 Å². The molecule has 0 saturated carbocycles. The summed E-state index contributed by atoms with van der Waals surface area (Å²) in [6.45, 7) is 3.38. The van der Waals surface area contributed by atoms with Gasteiger partial charge in [-0.25, -0.2) is 23.1 Å². The van der Waals surface area contributed by atoms with Crippen LogP contribution in [-0.2, 0) is 0 Å². The van der Waals surface area contributed by atoms with Crippen molar-refractivity contribution in [3.05, 3.63) is 76.8 Å². The second-order valence-corrected chi connectivity index (χ2v) is 5.47. The van der Waals surface area contributed by atoms with Crippen LogP contribution in [0.3, 0.4) is 0 Å². The third-order valence-corrected chi connectivity index (χ3v) is 3.59. The third-order valence-electron chi connectivity index (χ3n) is 3.59. The Labute approximate surface area is 136 Å². The van der Waals surface area contributed by atoms with Gasteiger partial charge >= 0.3 is 0 Å². The van der Waals surface area contributed by atoms with Gasteiger partial charge in [0.1, 0.15) is 23.5 Å². The van der Waals surface area contributed by atoms with E-state index < -0.39 is 23.5 Å². The van der Waals surface area contributed by atoms with Crippen molar-refractivity contribution in [3.8, 4) is 0 Å². The normalized spacial score (nSPS) is 12.2. The van der Waals surface area contributed by atoms with E-state index in [1.54, 1.807) is 13.1 Å². The largest absolute Gasteiger partial charge is 0.356 e. The first-order valence-electron chi connectivity index (χ1n) is 7.30. The molecule has 2 heterocycles. The summed E-state index contributed by atoms with van der Waals surface area (Å²) in [6.07, 6.45) is 1.63. The standard InChI is InChI=1S/C17H15F3N4/c1-9-8-21-17(22-9)16(11-3-4-13(19)14(20)7-11)24-15-6-5-12(18)10(2)23-15/h3-8,16H,1-2H3,(H,21,22)(H,23,24). The quantitative estimate of drug-likeness (QED) is 0.758. The summed E-state index contributed by atoms with van der Waals surface area (Å²) in [5, 5.41) is 3.08. The summed E-state index contributed by atoms with van der Waals surface area (Å²) in [5.74, 6) is -1.38. The number of benzene rings is 1. The maximum absolute atomic E-state index is 13.6. The molecule has 0 fully saturated rings. The van der Waals surface area contributed by atoms with Crippen molar-refractivity contribution >= 4 is 5.82 Å². The van der Waals surface area contributed by atoms with Gasteiger partial charge in [0.25, 0.3) is 0 Å². The van der Waals surface area contributed by atoms with Gasteiger partial charge in [-0.3, -0.25) is 0 Å². The van der Waals surface area contributed by atoms with Crippen LogP contribution in [0.25, 0.3) is 0 Å². The molecule has 1 atom stereocenters. The SMILES string of the molecule is Cc1cnc(C(Nc2ccc(F)c(C)n2)c2ccc(F)c(F)c2)[nH]1. The molecule has 0 spiro atoms. The molecule has 0 amide bonds. The minimum Gasteiger partial charge on any atom is -0.356 e. The average molecular weight is 332 g/mol. The van der Waals surface area contributed by atoms with Gasteiger partial charge in [0.2, 0.25) is 0 Å². The maximum Gasteiger partial charge on any atom is 0.159 e. The summed E-state index contributed by atoms with van der Waals surface area (Å²) in [7, 11) is 0. The number of anilines is 1. The van der Waals surface area contributed by atoms with E-state index >= 15 is 0 Å². The minimum atomic E-state index is -0.953. The average Bonchev–Trinajstić information content (AvgIpc) is 2.97. The molecule has 7 heteroatoms. The predicted molar refractivity (Wildman–Crippen MR) is 84.1 cm³/mol. The van der Waals surface area contributed by atoms with Crippen molar-refractivity contribution in [2.45, 2.75) is 19.9 Å². The van der Waals surface area contributed by atoms with Crippen LogP contribution in [0, 0.1) is 31.3 Å². The van der Waals surface area contributed by atoms with Crippen LogP contribution in [0.1, 0.15) is 28.8 Å². The first kappa shape index (κ1) is 16.0. The first-order chi connectivity index (χ1) is 11.4. The molecule has 3 aromatic rings. The monoisotopic (exact) mass is 332 g/mol. The van der Waals surface area contributed by atoms with Gasteiger partial charge in [-0.1, -0.05) is 6.07 Å². The Morgan fingerprint density at radius 2 is 1.75 bits per heavy atom. The number of aromatic nitrogens is 3. The van der Waals surface area contributed by atoms with Gasteiger partial charge in [-0.15, -0.1) is 0 Å². The molecule has 3 rings (SSSR count). The Hall–Kier alpha value is -2.83. The van der Waals surface area contributed by atoms with Gasteiger partial charge in [0.15, 0.2) is 11.6 Å². The molecule has 24 heavy (non-hydrogen) atoms. The Kier molecular flexibility index (Phi) is 4.24. The molecule has 1 aromatic carbocycles. The molecule has 4 nitrogen and oxygen atoms in total. The molecule has 0 aliphatic heterocycles. The number of nitrogens with one attached hydrogen (secondary N) is 2. The van der Waals surface area contributed by atoms with Crippen molar-refractivity contribution in [2.24, 2.45) is 0 Å². The van der Waals surface area contributed by atoms with Crippen LogP contribution in [0.2, 0.25) is 0 Å². The zero-order chi connectivity index (χ0) is 17.3. The van der Waals surface area contributed by atoms with Crippen LogP contribution < -0.4 is 5.32 Å². The third kappa shape index (κ3) is 3.24. The van der Waals surface area contributed by atoms with E-state index in [0.29, 0.717) is 17.2 Å². The fraction of sp³-hybridized carbons (Fsp3) is 0.176. The molecular formula is C17H15F3N4. The number of aryl methyl sites for hydroxylation is 2. The molecule has 1 unspecified atom stereocenters. The lowest BCUT2D eigenvalue weighted by Gasteiger charge is -2.18. The van der Waals surface area contributed by atoms with Gasteiger partial charge in [0.05, 0.1) is 5.69 Å². The van der Waals surface area contributed by atoms with E-state index in [4.69, 9.17) is 0 Å². The van der Waals surface area contributed by atoms with E-state index in [1.807, 2.05) is 6.92 Å². The molecule has 0 radical (unpaired) electrons. The highest BCUT2D eigenvalue weighted by atomic mass is 19.2. The van der Waals surface area contributed by atoms with Crippen LogP contribution in [0.4, 0.5) is 19.0 Å². The predicted octanol–water partition coefficient (Wildman–Crippen LogP) is 4.04. The van der Waals surface area contributed by atoms with E-state index in [2.05, 4.69) is 20.3 Å². The number of imidazole rings is 1. The summed E-state index contributed by atoms with van der Waals surface area (Å²) in [4.78, 5) is 11.4. The number of aromatic amines is 1. The number of nitrogens with zero attached hydrogens (tertiary/aromatic N) is 2. The summed E-state index contributed by atoms with van der Waals surface area (Å²) in [6, 6.07) is 5.79. The van der Waals surface area contributed by atoms with Crippen LogP contribution in [0.15, 0.2) is 36.5 Å². The Morgan fingerprint density at radius 3 is 2.38 bits per heavy atom. The fourth-order valence-electron chi connectivity index (χ4n) is 2.35. The molecule has 2 aromatic heterocycles. The van der Waals surface area contributed by atoms with Crippen molar-refractivity contribution < 1.29 is 13.2 Å². The van der Waals surface area contributed by atoms with Crippen LogP contribution in [0.5, 0.6) is 0 Å². The summed E-state index contributed by atoms with van der Waals surface area (Å²) < 4.78 is 40.2. The van der Waals surface area contributed by atoms with Gasteiger partial charge in [-0.05, 0) is 43.7 Å². The van der Waals surface area contributed by atoms with Crippen molar-refractivity contribution in [2.75, 3.05) is 5.32 Å². The van der Waals surface area contributed by atoms with E-state index in [9.17, 15) is 13.2 Å². The zero-order valence-electron chi connectivity index (χ0n) is 13.1. The molecule has 0 aliphatic rings. The minimum absolute atomic E-state index is 0.236. The lowest BCUT2D eigenvalue weighted by atomic mass is 10.1. The second-order valence-electron chi connectivity index (χ2n) is 5.47. The summed E-state index contributed by atoms with van der Waals surface area (Å²) >= 11 is 0. The summed E-state index contributed by atoms with van der Waals surface area (Å²) in [5.41, 5.74) is 1.52. The van der Waals surface area contributed by atoms with E-state index in [0.717, 1.165) is 17.8 Å². The van der Waals surface area contributed by atoms with E-state index in [1.165, 1.54) is 18.2 Å². The maximum atomic E-state index is 13.6. The highest BCUT2D eigenvalue weighted by Gasteiger charge is 2.19. The molecular weight excluding hydrogens is 317 g/mol. The highest BCUT2D eigenvalue weighted by molar-refractivity contribution is 5.42. The number of halogens is 3. The Morgan fingerprint density at radius 1 is 1.00 bits per heavy atom. The highest BCUT2D eigenvalue weighted by Crippen LogP contribution is 2.26. The molecule has 0 aliphatic carbocycles. The zero-order valence-corrected chi connectivity index (χ0v) is 13.1. The molecule has 2 N–H and O–H groups in total. The Balaban J connectivity index is 2.01. The Bertz CT molecular complexity index is 876. The number of rotatable bonds is 4. The smallest absolute Gasteiger partial charge is 0.159 e. The molecule has 0 saturated heterocycles. The lowest BCUT2D eigenvalue weighted by molar-refractivity contribution is 0.506. The van der Waals surface area contributed by atoms with Gasteiger partial charge in [0, 0.05) is 11.9 Å².